The van der Waals surface area contributed by atoms with Gasteiger partial charge in [-0.3, -0.25) is 4.79 Å². The van der Waals surface area contributed by atoms with Gasteiger partial charge in [0.1, 0.15) is 16.4 Å². The highest BCUT2D eigenvalue weighted by atomic mass is 32.1. The number of carbonyl (C=O) groups excluding carboxylic acids is 1. The Morgan fingerprint density at radius 2 is 2.22 bits per heavy atom. The highest BCUT2D eigenvalue weighted by Crippen LogP contribution is 2.25. The molecule has 3 aromatic rings. The summed E-state index contributed by atoms with van der Waals surface area (Å²) < 4.78 is 23.4. The van der Waals surface area contributed by atoms with Gasteiger partial charge < -0.3 is 9.15 Å². The zero-order valence-electron chi connectivity index (χ0n) is 12.2. The fourth-order valence-corrected chi connectivity index (χ4v) is 2.94. The van der Waals surface area contributed by atoms with Gasteiger partial charge in [0, 0.05) is 10.8 Å². The standard InChI is InChI=1S/C16H12FNO4S/c1-2-21-14(19)7-11-8-23-15(18-11)12-6-9-5-10(17)3-4-13(9)22-16(12)20/h3-6,8H,2,7H2,1H3. The molecule has 0 radical (unpaired) electrons. The molecular formula is C16H12FNO4S. The largest absolute Gasteiger partial charge is 0.466 e. The van der Waals surface area contributed by atoms with Crippen molar-refractivity contribution in [2.45, 2.75) is 13.3 Å². The Bertz CT molecular complexity index is 931. The fraction of sp³-hybridized carbons (Fsp3) is 0.188. The van der Waals surface area contributed by atoms with E-state index in [1.807, 2.05) is 0 Å². The Hall–Kier alpha value is -2.54. The van der Waals surface area contributed by atoms with Gasteiger partial charge in [-0.15, -0.1) is 11.3 Å². The second kappa shape index (κ2) is 6.29. The number of hydrogen-bond acceptors (Lipinski definition) is 6. The summed E-state index contributed by atoms with van der Waals surface area (Å²) >= 11 is 1.22. The predicted octanol–water partition coefficient (Wildman–Crippen LogP) is 3.16. The molecule has 0 spiro atoms. The van der Waals surface area contributed by atoms with Gasteiger partial charge in [0.15, 0.2) is 0 Å². The summed E-state index contributed by atoms with van der Waals surface area (Å²) in [6.45, 7) is 2.03. The molecule has 0 saturated carbocycles. The number of hydrogen-bond donors (Lipinski definition) is 0. The van der Waals surface area contributed by atoms with Gasteiger partial charge in [-0.2, -0.15) is 0 Å². The molecule has 0 aliphatic rings. The van der Waals surface area contributed by atoms with Crippen LogP contribution < -0.4 is 5.63 Å². The first-order valence-corrected chi connectivity index (χ1v) is 7.78. The SMILES string of the molecule is CCOC(=O)Cc1csc(-c2cc3cc(F)ccc3oc2=O)n1. The molecule has 0 fully saturated rings. The number of thiazole rings is 1. The van der Waals surface area contributed by atoms with Crippen molar-refractivity contribution in [1.29, 1.82) is 0 Å². The van der Waals surface area contributed by atoms with Crippen molar-refractivity contribution in [1.82, 2.24) is 4.98 Å². The quantitative estimate of drug-likeness (QED) is 0.542. The normalized spacial score (nSPS) is 10.9. The lowest BCUT2D eigenvalue weighted by atomic mass is 10.2. The average molecular weight is 333 g/mol. The number of aromatic nitrogens is 1. The molecule has 23 heavy (non-hydrogen) atoms. The topological polar surface area (TPSA) is 69.4 Å². The molecule has 1 aromatic carbocycles. The van der Waals surface area contributed by atoms with Crippen molar-refractivity contribution in [3.05, 3.63) is 51.6 Å². The number of ether oxygens (including phenoxy) is 1. The van der Waals surface area contributed by atoms with Crippen LogP contribution in [0, 0.1) is 5.82 Å². The Kier molecular flexibility index (Phi) is 4.20. The molecule has 2 aromatic heterocycles. The first kappa shape index (κ1) is 15.4. The third-order valence-electron chi connectivity index (χ3n) is 3.11. The van der Waals surface area contributed by atoms with Crippen LogP contribution in [0.5, 0.6) is 0 Å². The number of fused-ring (bicyclic) bond motifs is 1. The highest BCUT2D eigenvalue weighted by molar-refractivity contribution is 7.13. The second-order valence-corrected chi connectivity index (χ2v) is 5.61. The first-order valence-electron chi connectivity index (χ1n) is 6.90. The number of nitrogens with zero attached hydrogens (tertiary/aromatic N) is 1. The minimum absolute atomic E-state index is 0.0396. The van der Waals surface area contributed by atoms with Crippen molar-refractivity contribution in [2.75, 3.05) is 6.61 Å². The summed E-state index contributed by atoms with van der Waals surface area (Å²) in [6, 6.07) is 5.46. The predicted molar refractivity (Wildman–Crippen MR) is 83.9 cm³/mol. The Balaban J connectivity index is 1.97. The van der Waals surface area contributed by atoms with Crippen LogP contribution in [0.25, 0.3) is 21.5 Å². The first-order chi connectivity index (χ1) is 11.1. The van der Waals surface area contributed by atoms with Crippen LogP contribution in [-0.4, -0.2) is 17.6 Å². The van der Waals surface area contributed by atoms with Crippen molar-refractivity contribution in [3.8, 4) is 10.6 Å². The van der Waals surface area contributed by atoms with Gasteiger partial charge >= 0.3 is 11.6 Å². The van der Waals surface area contributed by atoms with Gasteiger partial charge in [0.05, 0.1) is 24.3 Å². The molecule has 0 N–H and O–H groups in total. The van der Waals surface area contributed by atoms with Crippen LogP contribution in [0.1, 0.15) is 12.6 Å². The van der Waals surface area contributed by atoms with Crippen molar-refractivity contribution >= 4 is 28.3 Å². The molecule has 0 aliphatic heterocycles. The lowest BCUT2D eigenvalue weighted by Gasteiger charge is -2.00. The molecule has 3 rings (SSSR count). The lowest BCUT2D eigenvalue weighted by molar-refractivity contribution is -0.142. The molecule has 5 nitrogen and oxygen atoms in total. The van der Waals surface area contributed by atoms with Gasteiger partial charge in [0.2, 0.25) is 0 Å². The molecule has 118 valence electrons. The van der Waals surface area contributed by atoms with Crippen molar-refractivity contribution in [2.24, 2.45) is 0 Å². The van der Waals surface area contributed by atoms with E-state index < -0.39 is 11.4 Å². The van der Waals surface area contributed by atoms with Crippen molar-refractivity contribution < 1.29 is 18.3 Å². The molecule has 0 unspecified atom stereocenters. The van der Waals surface area contributed by atoms with Gasteiger partial charge in [-0.25, -0.2) is 14.2 Å². The summed E-state index contributed by atoms with van der Waals surface area (Å²) in [5.74, 6) is -0.795. The Morgan fingerprint density at radius 1 is 1.39 bits per heavy atom. The average Bonchev–Trinajstić information content (AvgIpc) is 2.95. The van der Waals surface area contributed by atoms with Crippen LogP contribution in [0.2, 0.25) is 0 Å². The zero-order valence-corrected chi connectivity index (χ0v) is 13.0. The maximum Gasteiger partial charge on any atom is 0.346 e. The smallest absolute Gasteiger partial charge is 0.346 e. The Labute approximate surface area is 134 Å². The van der Waals surface area contributed by atoms with E-state index in [0.717, 1.165) is 0 Å². The molecule has 0 saturated heterocycles. The second-order valence-electron chi connectivity index (χ2n) is 4.76. The molecule has 0 atom stereocenters. The van der Waals surface area contributed by atoms with E-state index in [0.29, 0.717) is 28.3 Å². The van der Waals surface area contributed by atoms with Gasteiger partial charge in [-0.1, -0.05) is 0 Å². The van der Waals surface area contributed by atoms with E-state index in [9.17, 15) is 14.0 Å². The minimum atomic E-state index is -0.554. The summed E-state index contributed by atoms with van der Waals surface area (Å²) in [5, 5.41) is 2.58. The molecule has 2 heterocycles. The van der Waals surface area contributed by atoms with Crippen LogP contribution in [0.15, 0.2) is 38.9 Å². The molecule has 0 aliphatic carbocycles. The molecule has 0 amide bonds. The van der Waals surface area contributed by atoms with E-state index in [2.05, 4.69) is 4.98 Å². The summed E-state index contributed by atoms with van der Waals surface area (Å²) in [7, 11) is 0. The number of carbonyl (C=O) groups is 1. The monoisotopic (exact) mass is 333 g/mol. The molecule has 7 heteroatoms. The lowest BCUT2D eigenvalue weighted by Crippen LogP contribution is -2.08. The minimum Gasteiger partial charge on any atom is -0.466 e. The van der Waals surface area contributed by atoms with Crippen LogP contribution in [0.3, 0.4) is 0 Å². The fourth-order valence-electron chi connectivity index (χ4n) is 2.12. The maximum atomic E-state index is 13.3. The maximum absolute atomic E-state index is 13.3. The van der Waals surface area contributed by atoms with E-state index in [1.165, 1.54) is 35.6 Å². The highest BCUT2D eigenvalue weighted by Gasteiger charge is 2.14. The number of rotatable bonds is 4. The van der Waals surface area contributed by atoms with Crippen LogP contribution in [-0.2, 0) is 16.0 Å². The third-order valence-corrected chi connectivity index (χ3v) is 4.03. The van der Waals surface area contributed by atoms with Crippen LogP contribution in [0.4, 0.5) is 4.39 Å². The van der Waals surface area contributed by atoms with E-state index in [1.54, 1.807) is 12.3 Å². The molecule has 0 bridgehead atoms. The summed E-state index contributed by atoms with van der Waals surface area (Å²) in [5.41, 5.74) is 0.509. The van der Waals surface area contributed by atoms with Gasteiger partial charge in [-0.05, 0) is 31.2 Å². The third kappa shape index (κ3) is 3.29. The van der Waals surface area contributed by atoms with E-state index >= 15 is 0 Å². The number of halogens is 1. The number of benzene rings is 1. The summed E-state index contributed by atoms with van der Waals surface area (Å²) in [6.07, 6.45) is 0.0396. The summed E-state index contributed by atoms with van der Waals surface area (Å²) in [4.78, 5) is 27.8. The van der Waals surface area contributed by atoms with E-state index in [4.69, 9.17) is 9.15 Å². The Morgan fingerprint density at radius 3 is 3.00 bits per heavy atom. The zero-order chi connectivity index (χ0) is 16.4. The van der Waals surface area contributed by atoms with Crippen molar-refractivity contribution in [3.63, 3.8) is 0 Å². The van der Waals surface area contributed by atoms with E-state index in [-0.39, 0.29) is 18.0 Å². The number of esters is 1. The van der Waals surface area contributed by atoms with Gasteiger partial charge in [0.25, 0.3) is 0 Å². The van der Waals surface area contributed by atoms with Crippen LogP contribution >= 0.6 is 11.3 Å². The molecular weight excluding hydrogens is 321 g/mol.